The first kappa shape index (κ1) is 21.5. The number of carbonyl (C=O) groups excluding carboxylic acids is 1. The van der Waals surface area contributed by atoms with E-state index in [1.807, 2.05) is 9.58 Å². The Kier molecular flexibility index (Phi) is 7.06. The van der Waals surface area contributed by atoms with Crippen molar-refractivity contribution in [2.24, 2.45) is 11.7 Å². The van der Waals surface area contributed by atoms with E-state index in [4.69, 9.17) is 5.73 Å². The summed E-state index contributed by atoms with van der Waals surface area (Å²) < 4.78 is 1.91. The molecule has 1 saturated heterocycles. The second-order valence-corrected chi connectivity index (χ2v) is 7.83. The predicted octanol–water partition coefficient (Wildman–Crippen LogP) is 3.93. The summed E-state index contributed by atoms with van der Waals surface area (Å²) in [5.41, 5.74) is 9.93. The summed E-state index contributed by atoms with van der Waals surface area (Å²) in [6.07, 6.45) is 3.69. The van der Waals surface area contributed by atoms with Crippen molar-refractivity contribution in [3.63, 3.8) is 0 Å². The lowest BCUT2D eigenvalue weighted by Gasteiger charge is -2.33. The van der Waals surface area contributed by atoms with E-state index in [1.165, 1.54) is 5.56 Å². The summed E-state index contributed by atoms with van der Waals surface area (Å²) in [5.74, 6) is 0.813. The smallest absolute Gasteiger partial charge is 0.257 e. The van der Waals surface area contributed by atoms with Gasteiger partial charge in [-0.25, -0.2) is 4.68 Å². The molecular formula is C21H31ClN4O. The number of amides is 1. The van der Waals surface area contributed by atoms with E-state index in [0.717, 1.165) is 42.9 Å². The molecule has 1 aromatic carbocycles. The van der Waals surface area contributed by atoms with Crippen LogP contribution >= 0.6 is 12.4 Å². The van der Waals surface area contributed by atoms with Gasteiger partial charge in [-0.2, -0.15) is 5.10 Å². The van der Waals surface area contributed by atoms with E-state index in [-0.39, 0.29) is 30.3 Å². The number of likely N-dealkylation sites (tertiary alicyclic amines) is 1. The third-order valence-electron chi connectivity index (χ3n) is 5.43. The molecule has 0 spiro atoms. The molecule has 6 heteroatoms. The molecule has 1 aromatic heterocycles. The average Bonchev–Trinajstić information content (AvgIpc) is 3.07. The molecule has 0 radical (unpaired) electrons. The predicted molar refractivity (Wildman–Crippen MR) is 112 cm³/mol. The minimum absolute atomic E-state index is 0. The van der Waals surface area contributed by atoms with E-state index < -0.39 is 0 Å². The van der Waals surface area contributed by atoms with E-state index in [2.05, 4.69) is 57.1 Å². The average molecular weight is 391 g/mol. The van der Waals surface area contributed by atoms with Crippen LogP contribution < -0.4 is 5.73 Å². The minimum atomic E-state index is 0. The van der Waals surface area contributed by atoms with Gasteiger partial charge in [-0.15, -0.1) is 12.4 Å². The summed E-state index contributed by atoms with van der Waals surface area (Å²) in [4.78, 5) is 15.1. The van der Waals surface area contributed by atoms with Gasteiger partial charge in [0, 0.05) is 19.1 Å². The number of hydrogen-bond donors (Lipinski definition) is 1. The molecule has 0 saturated carbocycles. The Morgan fingerprint density at radius 2 is 1.74 bits per heavy atom. The topological polar surface area (TPSA) is 64.2 Å². The maximum atomic E-state index is 13.1. The first-order chi connectivity index (χ1) is 12.4. The van der Waals surface area contributed by atoms with Gasteiger partial charge in [0.25, 0.3) is 5.91 Å². The van der Waals surface area contributed by atoms with Gasteiger partial charge >= 0.3 is 0 Å². The fourth-order valence-corrected chi connectivity index (χ4v) is 3.77. The van der Waals surface area contributed by atoms with Crippen LogP contribution in [0.1, 0.15) is 61.1 Å². The van der Waals surface area contributed by atoms with Crippen LogP contribution in [0, 0.1) is 12.8 Å². The number of carbonyl (C=O) groups is 1. The lowest BCUT2D eigenvalue weighted by atomic mass is 9.90. The van der Waals surface area contributed by atoms with Crippen molar-refractivity contribution >= 4 is 18.3 Å². The Balaban J connectivity index is 0.00000261. The molecule has 1 aliphatic rings. The van der Waals surface area contributed by atoms with Gasteiger partial charge in [0.1, 0.15) is 0 Å². The standard InChI is InChI=1S/C21H30N4O.ClH/c1-14(2)20-19(13-23-25(20)18-7-5-15(3)6-8-18)21(26)24-11-9-17(10-12-24)16(4)22;/h5-8,13-14,16-17H,9-12,22H2,1-4H3;1H. The van der Waals surface area contributed by atoms with E-state index in [0.29, 0.717) is 5.92 Å². The van der Waals surface area contributed by atoms with Crippen LogP contribution in [0.15, 0.2) is 30.5 Å². The fraction of sp³-hybridized carbons (Fsp3) is 0.524. The molecule has 1 unspecified atom stereocenters. The lowest BCUT2D eigenvalue weighted by Crippen LogP contribution is -2.42. The molecule has 0 aliphatic carbocycles. The van der Waals surface area contributed by atoms with Gasteiger partial charge in [0.2, 0.25) is 0 Å². The molecular weight excluding hydrogens is 360 g/mol. The van der Waals surface area contributed by atoms with Crippen LogP contribution in [0.25, 0.3) is 5.69 Å². The summed E-state index contributed by atoms with van der Waals surface area (Å²) in [5, 5.41) is 4.55. The molecule has 2 aromatic rings. The zero-order chi connectivity index (χ0) is 18.8. The van der Waals surface area contributed by atoms with Crippen molar-refractivity contribution in [1.82, 2.24) is 14.7 Å². The first-order valence-electron chi connectivity index (χ1n) is 9.58. The first-order valence-corrected chi connectivity index (χ1v) is 9.58. The molecule has 5 nitrogen and oxygen atoms in total. The lowest BCUT2D eigenvalue weighted by molar-refractivity contribution is 0.0679. The van der Waals surface area contributed by atoms with Crippen LogP contribution in [-0.4, -0.2) is 39.7 Å². The fourth-order valence-electron chi connectivity index (χ4n) is 3.77. The van der Waals surface area contributed by atoms with Crippen molar-refractivity contribution in [3.8, 4) is 5.69 Å². The molecule has 3 rings (SSSR count). The number of nitrogens with zero attached hydrogens (tertiary/aromatic N) is 3. The zero-order valence-corrected chi connectivity index (χ0v) is 17.5. The maximum absolute atomic E-state index is 13.1. The number of rotatable bonds is 4. The van der Waals surface area contributed by atoms with Crippen LogP contribution in [0.2, 0.25) is 0 Å². The Morgan fingerprint density at radius 3 is 2.26 bits per heavy atom. The monoisotopic (exact) mass is 390 g/mol. The van der Waals surface area contributed by atoms with Gasteiger partial charge in [-0.05, 0) is 50.7 Å². The molecule has 2 N–H and O–H groups in total. The molecule has 27 heavy (non-hydrogen) atoms. The zero-order valence-electron chi connectivity index (χ0n) is 16.7. The van der Waals surface area contributed by atoms with Crippen molar-refractivity contribution in [2.75, 3.05) is 13.1 Å². The third kappa shape index (κ3) is 4.53. The molecule has 1 amide bonds. The van der Waals surface area contributed by atoms with Gasteiger partial charge < -0.3 is 10.6 Å². The van der Waals surface area contributed by atoms with E-state index in [9.17, 15) is 4.79 Å². The van der Waals surface area contributed by atoms with Gasteiger partial charge in [0.15, 0.2) is 0 Å². The number of benzene rings is 1. The Morgan fingerprint density at radius 1 is 1.15 bits per heavy atom. The second-order valence-electron chi connectivity index (χ2n) is 7.83. The van der Waals surface area contributed by atoms with Crippen LogP contribution in [0.3, 0.4) is 0 Å². The molecule has 1 atom stereocenters. The SMILES string of the molecule is Cc1ccc(-n2ncc(C(=O)N3CCC(C(C)N)CC3)c2C(C)C)cc1.Cl. The summed E-state index contributed by atoms with van der Waals surface area (Å²) in [6.45, 7) is 9.90. The highest BCUT2D eigenvalue weighted by atomic mass is 35.5. The summed E-state index contributed by atoms with van der Waals surface area (Å²) in [6, 6.07) is 8.44. The highest BCUT2D eigenvalue weighted by Crippen LogP contribution is 2.27. The molecule has 148 valence electrons. The van der Waals surface area contributed by atoms with Crippen LogP contribution in [0.4, 0.5) is 0 Å². The van der Waals surface area contributed by atoms with Crippen molar-refractivity contribution in [3.05, 3.63) is 47.3 Å². The van der Waals surface area contributed by atoms with Gasteiger partial charge in [-0.1, -0.05) is 31.5 Å². The minimum Gasteiger partial charge on any atom is -0.339 e. The highest BCUT2D eigenvalue weighted by Gasteiger charge is 2.29. The summed E-state index contributed by atoms with van der Waals surface area (Å²) >= 11 is 0. The number of piperidine rings is 1. The normalized spacial score (nSPS) is 16.3. The van der Waals surface area contributed by atoms with Gasteiger partial charge in [0.05, 0.1) is 23.1 Å². The number of aromatic nitrogens is 2. The second kappa shape index (κ2) is 8.89. The Hall–Kier alpha value is -1.85. The largest absolute Gasteiger partial charge is 0.339 e. The molecule has 1 aliphatic heterocycles. The van der Waals surface area contributed by atoms with Crippen molar-refractivity contribution < 1.29 is 4.79 Å². The van der Waals surface area contributed by atoms with Gasteiger partial charge in [-0.3, -0.25) is 4.79 Å². The number of aryl methyl sites for hydroxylation is 1. The van der Waals surface area contributed by atoms with Crippen molar-refractivity contribution in [1.29, 1.82) is 0 Å². The number of halogens is 1. The third-order valence-corrected chi connectivity index (χ3v) is 5.43. The van der Waals surface area contributed by atoms with Crippen LogP contribution in [0.5, 0.6) is 0 Å². The highest BCUT2D eigenvalue weighted by molar-refractivity contribution is 5.95. The quantitative estimate of drug-likeness (QED) is 0.860. The summed E-state index contributed by atoms with van der Waals surface area (Å²) in [7, 11) is 0. The number of nitrogens with two attached hydrogens (primary N) is 1. The van der Waals surface area contributed by atoms with E-state index >= 15 is 0 Å². The Bertz CT molecular complexity index is 759. The molecule has 2 heterocycles. The maximum Gasteiger partial charge on any atom is 0.257 e. The molecule has 0 bridgehead atoms. The van der Waals surface area contributed by atoms with Crippen molar-refractivity contribution in [2.45, 2.75) is 52.5 Å². The van der Waals surface area contributed by atoms with E-state index in [1.54, 1.807) is 6.20 Å². The Labute approximate surface area is 168 Å². The van der Waals surface area contributed by atoms with Crippen LogP contribution in [-0.2, 0) is 0 Å². The molecule has 1 fully saturated rings. The number of hydrogen-bond acceptors (Lipinski definition) is 3.